The number of rotatable bonds is 8. The molecule has 2 aromatic carbocycles. The molecule has 2 unspecified atom stereocenters. The van der Waals surface area contributed by atoms with Gasteiger partial charge in [0.15, 0.2) is 5.17 Å². The molecule has 3 rings (SSSR count). The normalized spacial score (nSPS) is 18.1. The minimum Gasteiger partial charge on any atom is -0.469 e. The van der Waals surface area contributed by atoms with Gasteiger partial charge in [0.2, 0.25) is 5.91 Å². The van der Waals surface area contributed by atoms with Crippen LogP contribution in [0.1, 0.15) is 34.8 Å². The number of ether oxygens (including phenoxy) is 1. The molecular weight excluding hydrogens is 478 g/mol. The van der Waals surface area contributed by atoms with Crippen molar-refractivity contribution in [3.63, 3.8) is 0 Å². The molecule has 190 valence electrons. The van der Waals surface area contributed by atoms with Crippen LogP contribution in [0.5, 0.6) is 0 Å². The summed E-state index contributed by atoms with van der Waals surface area (Å²) in [7, 11) is 4.95. The van der Waals surface area contributed by atoms with Crippen LogP contribution in [0.3, 0.4) is 0 Å². The number of amides is 2. The Balaban J connectivity index is 1.61. The van der Waals surface area contributed by atoms with E-state index in [1.165, 1.54) is 18.9 Å². The van der Waals surface area contributed by atoms with Gasteiger partial charge in [0.05, 0.1) is 13.5 Å². The van der Waals surface area contributed by atoms with E-state index in [1.807, 2.05) is 49.2 Å². The van der Waals surface area contributed by atoms with E-state index < -0.39 is 17.1 Å². The summed E-state index contributed by atoms with van der Waals surface area (Å²) in [5.74, 6) is -0.677. The van der Waals surface area contributed by atoms with Crippen molar-refractivity contribution in [2.75, 3.05) is 27.7 Å². The number of thioether (sulfide) groups is 1. The molecule has 1 saturated heterocycles. The second-order valence-corrected chi connectivity index (χ2v) is 9.58. The lowest BCUT2D eigenvalue weighted by atomic mass is 10.1. The van der Waals surface area contributed by atoms with Crippen LogP contribution < -0.4 is 5.32 Å². The molecule has 1 fully saturated rings. The Bertz CT molecular complexity index is 1140. The first kappa shape index (κ1) is 26.9. The van der Waals surface area contributed by atoms with Crippen LogP contribution in [-0.2, 0) is 20.9 Å². The van der Waals surface area contributed by atoms with Crippen LogP contribution >= 0.6 is 11.8 Å². The molecule has 9 nitrogen and oxygen atoms in total. The van der Waals surface area contributed by atoms with Gasteiger partial charge in [0.1, 0.15) is 11.1 Å². The largest absolute Gasteiger partial charge is 0.469 e. The third-order valence-electron chi connectivity index (χ3n) is 5.94. The number of carbonyl (C=O) groups is 3. The molecule has 0 aliphatic carbocycles. The van der Waals surface area contributed by atoms with E-state index in [1.54, 1.807) is 36.2 Å². The van der Waals surface area contributed by atoms with Gasteiger partial charge in [-0.15, -0.1) is 0 Å². The highest BCUT2D eigenvalue weighted by Gasteiger charge is 2.39. The number of amidine groups is 2. The lowest BCUT2D eigenvalue weighted by Crippen LogP contribution is -2.41. The van der Waals surface area contributed by atoms with Gasteiger partial charge >= 0.3 is 5.97 Å². The van der Waals surface area contributed by atoms with Crippen molar-refractivity contribution >= 4 is 40.5 Å². The second-order valence-electron chi connectivity index (χ2n) is 8.47. The Labute approximate surface area is 215 Å². The minimum atomic E-state index is -0.456. The van der Waals surface area contributed by atoms with E-state index in [0.29, 0.717) is 28.7 Å². The Morgan fingerprint density at radius 1 is 1.11 bits per heavy atom. The third-order valence-corrected chi connectivity index (χ3v) is 7.40. The fourth-order valence-corrected chi connectivity index (χ4v) is 4.88. The summed E-state index contributed by atoms with van der Waals surface area (Å²) in [6.07, 6.45) is 0.0960. The van der Waals surface area contributed by atoms with E-state index in [-0.39, 0.29) is 24.9 Å². The van der Waals surface area contributed by atoms with Crippen LogP contribution in [0.25, 0.3) is 0 Å². The maximum absolute atomic E-state index is 12.8. The summed E-state index contributed by atoms with van der Waals surface area (Å²) in [4.78, 5) is 44.5. The monoisotopic (exact) mass is 509 g/mol. The predicted molar refractivity (Wildman–Crippen MR) is 141 cm³/mol. The third kappa shape index (κ3) is 6.72. The van der Waals surface area contributed by atoms with E-state index in [4.69, 9.17) is 5.41 Å². The highest BCUT2D eigenvalue weighted by atomic mass is 32.2. The number of aliphatic imine (C=N–C) groups is 1. The lowest BCUT2D eigenvalue weighted by molar-refractivity contribution is -0.140. The van der Waals surface area contributed by atoms with Crippen LogP contribution in [-0.4, -0.2) is 77.6 Å². The van der Waals surface area contributed by atoms with Gasteiger partial charge in [0.25, 0.3) is 5.91 Å². The number of carbonyl (C=O) groups excluding carboxylic acids is 3. The molecule has 2 N–H and O–H groups in total. The minimum absolute atomic E-state index is 0.0960. The zero-order valence-electron chi connectivity index (χ0n) is 20.9. The number of esters is 1. The molecular formula is C26H31N5O4S. The highest BCUT2D eigenvalue weighted by molar-refractivity contribution is 8.15. The fraction of sp³-hybridized carbons (Fsp3) is 0.346. The molecule has 0 aromatic heterocycles. The number of nitrogens with zero attached hydrogens (tertiary/aromatic N) is 3. The molecule has 2 aromatic rings. The lowest BCUT2D eigenvalue weighted by Gasteiger charge is -2.20. The van der Waals surface area contributed by atoms with E-state index in [9.17, 15) is 14.4 Å². The number of hydrogen-bond donors (Lipinski definition) is 2. The van der Waals surface area contributed by atoms with Crippen LogP contribution in [0.15, 0.2) is 59.6 Å². The molecule has 0 radical (unpaired) electrons. The Morgan fingerprint density at radius 2 is 1.75 bits per heavy atom. The topological polar surface area (TPSA) is 115 Å². The zero-order valence-corrected chi connectivity index (χ0v) is 21.7. The number of methoxy groups -OCH3 is 1. The van der Waals surface area contributed by atoms with E-state index >= 15 is 0 Å². The summed E-state index contributed by atoms with van der Waals surface area (Å²) in [5, 5.41) is 11.2. The van der Waals surface area contributed by atoms with Crippen molar-refractivity contribution in [2.45, 2.75) is 31.2 Å². The molecule has 1 heterocycles. The molecule has 0 bridgehead atoms. The van der Waals surface area contributed by atoms with Crippen molar-refractivity contribution in [1.82, 2.24) is 15.1 Å². The van der Waals surface area contributed by atoms with Crippen molar-refractivity contribution in [2.24, 2.45) is 4.99 Å². The summed E-state index contributed by atoms with van der Waals surface area (Å²) in [5.41, 5.74) is 2.20. The van der Waals surface area contributed by atoms with E-state index in [0.717, 1.165) is 5.56 Å². The Kier molecular flexibility index (Phi) is 9.24. The first-order valence-corrected chi connectivity index (χ1v) is 12.4. The quantitative estimate of drug-likeness (QED) is 0.319. The average molecular weight is 510 g/mol. The molecule has 2 amide bonds. The first-order valence-electron chi connectivity index (χ1n) is 11.5. The van der Waals surface area contributed by atoms with Crippen molar-refractivity contribution in [3.05, 3.63) is 71.3 Å². The van der Waals surface area contributed by atoms with Gasteiger partial charge in [0, 0.05) is 44.4 Å². The number of hydrogen-bond acceptors (Lipinski definition) is 6. The van der Waals surface area contributed by atoms with Gasteiger partial charge in [-0.2, -0.15) is 4.99 Å². The Hall–Kier alpha value is -3.66. The molecule has 36 heavy (non-hydrogen) atoms. The van der Waals surface area contributed by atoms with Gasteiger partial charge in [-0.25, -0.2) is 0 Å². The van der Waals surface area contributed by atoms with Gasteiger partial charge in [-0.1, -0.05) is 54.2 Å². The molecule has 1 aliphatic rings. The molecule has 1 aliphatic heterocycles. The van der Waals surface area contributed by atoms with Gasteiger partial charge in [-0.05, 0) is 24.6 Å². The van der Waals surface area contributed by atoms with Crippen molar-refractivity contribution < 1.29 is 19.1 Å². The maximum atomic E-state index is 12.8. The molecule has 0 spiro atoms. The smallest absolute Gasteiger partial charge is 0.307 e. The molecule has 10 heteroatoms. The summed E-state index contributed by atoms with van der Waals surface area (Å²) < 4.78 is 4.58. The maximum Gasteiger partial charge on any atom is 0.307 e. The zero-order chi connectivity index (χ0) is 26.2. The molecule has 2 atom stereocenters. The van der Waals surface area contributed by atoms with E-state index in [2.05, 4.69) is 15.0 Å². The Morgan fingerprint density at radius 3 is 2.39 bits per heavy atom. The molecule has 0 saturated carbocycles. The van der Waals surface area contributed by atoms with Crippen LogP contribution in [0, 0.1) is 5.41 Å². The first-order chi connectivity index (χ1) is 17.2. The number of nitrogens with one attached hydrogen (secondary N) is 2. The van der Waals surface area contributed by atoms with Crippen LogP contribution in [0.2, 0.25) is 0 Å². The summed E-state index contributed by atoms with van der Waals surface area (Å²) in [6, 6.07) is 16.5. The number of benzene rings is 2. The summed E-state index contributed by atoms with van der Waals surface area (Å²) >= 11 is 1.22. The standard InChI is InChI=1S/C26H31N5O4S/c1-17-22(25(34)28-15-14-21(32)35-4)36-26(31(17)3)29-24(33)20-12-10-19(11-13-20)23(27)30(2)16-18-8-6-5-7-9-18/h5-13,17,22,27H,14-16H2,1-4H3,(H,28,34). The van der Waals surface area contributed by atoms with Crippen LogP contribution in [0.4, 0.5) is 0 Å². The van der Waals surface area contributed by atoms with Gasteiger partial charge < -0.3 is 19.9 Å². The van der Waals surface area contributed by atoms with Crippen molar-refractivity contribution in [1.29, 1.82) is 5.41 Å². The predicted octanol–water partition coefficient (Wildman–Crippen LogP) is 2.76. The average Bonchev–Trinajstić information content (AvgIpc) is 3.17. The second kappa shape index (κ2) is 12.3. The highest BCUT2D eigenvalue weighted by Crippen LogP contribution is 2.31. The van der Waals surface area contributed by atoms with Gasteiger partial charge in [-0.3, -0.25) is 19.8 Å². The van der Waals surface area contributed by atoms with Crippen molar-refractivity contribution in [3.8, 4) is 0 Å². The summed E-state index contributed by atoms with van der Waals surface area (Å²) in [6.45, 7) is 2.68. The fourth-order valence-electron chi connectivity index (χ4n) is 3.62. The SMILES string of the molecule is COC(=O)CCNC(=O)C1SC(=NC(=O)c2ccc(C(=N)N(C)Cc3ccccc3)cc2)N(C)C1C.